The van der Waals surface area contributed by atoms with Gasteiger partial charge >= 0.3 is 0 Å². The molecule has 0 fully saturated rings. The predicted octanol–water partition coefficient (Wildman–Crippen LogP) is 16.3. The van der Waals surface area contributed by atoms with Gasteiger partial charge in [0, 0.05) is 63.7 Å². The summed E-state index contributed by atoms with van der Waals surface area (Å²) >= 11 is 5.95. The number of para-hydroxylation sites is 2. The highest BCUT2D eigenvalue weighted by Gasteiger charge is 2.15. The Balaban J connectivity index is 0.000000182. The van der Waals surface area contributed by atoms with Gasteiger partial charge in [0.25, 0.3) is 0 Å². The van der Waals surface area contributed by atoms with Crippen LogP contribution in [0.1, 0.15) is 117 Å². The second-order valence-electron chi connectivity index (χ2n) is 19.0. The fraction of sp³-hybridized carbons (Fsp3) is 0.318. The van der Waals surface area contributed by atoms with Crippen LogP contribution in [0.15, 0.2) is 182 Å². The Morgan fingerprint density at radius 1 is 0.571 bits per heavy atom. The number of H-pyrrole nitrogens is 1. The van der Waals surface area contributed by atoms with Gasteiger partial charge in [-0.3, -0.25) is 4.98 Å². The first-order valence-electron chi connectivity index (χ1n) is 27.3. The van der Waals surface area contributed by atoms with E-state index in [0.29, 0.717) is 12.3 Å². The highest BCUT2D eigenvalue weighted by atomic mass is 35.5. The summed E-state index contributed by atoms with van der Waals surface area (Å²) in [5.74, 6) is -0.264. The molecular formula is C66H80ClF3N6O. The van der Waals surface area contributed by atoms with E-state index in [2.05, 4.69) is 130 Å². The van der Waals surface area contributed by atoms with Gasteiger partial charge in [0.05, 0.1) is 11.6 Å². The average Bonchev–Trinajstić information content (AvgIpc) is 4.11. The van der Waals surface area contributed by atoms with Crippen molar-refractivity contribution in [2.75, 3.05) is 34.2 Å². The van der Waals surface area contributed by atoms with Crippen LogP contribution < -0.4 is 16.0 Å². The Morgan fingerprint density at radius 3 is 1.82 bits per heavy atom. The number of aliphatic hydroxyl groups excluding tert-OH is 1. The molecule has 0 aliphatic heterocycles. The highest BCUT2D eigenvalue weighted by molar-refractivity contribution is 6.30. The van der Waals surface area contributed by atoms with Crippen LogP contribution in [-0.4, -0.2) is 53.9 Å². The molecule has 0 saturated heterocycles. The van der Waals surface area contributed by atoms with Crippen LogP contribution in [0.3, 0.4) is 0 Å². The molecule has 0 saturated carbocycles. The minimum Gasteiger partial charge on any atom is -0.388 e. The van der Waals surface area contributed by atoms with E-state index in [4.69, 9.17) is 11.6 Å². The predicted molar refractivity (Wildman–Crippen MR) is 318 cm³/mol. The molecule has 0 aliphatic rings. The van der Waals surface area contributed by atoms with E-state index >= 15 is 0 Å². The van der Waals surface area contributed by atoms with Crippen LogP contribution in [0.5, 0.6) is 0 Å². The van der Waals surface area contributed by atoms with Gasteiger partial charge in [-0.1, -0.05) is 136 Å². The third kappa shape index (κ3) is 21.1. The van der Waals surface area contributed by atoms with Gasteiger partial charge in [-0.15, -0.1) is 0 Å². The second kappa shape index (κ2) is 35.0. The Morgan fingerprint density at radius 2 is 1.18 bits per heavy atom. The number of nitrogens with one attached hydrogen (secondary N) is 4. The Hall–Kier alpha value is -6.53. The standard InChI is InChI=1S/C20H22FN.C16H18ClN.C11H16FNO.C11H14N2.C8H10FN/c1-2-3-4-5-8-16-15-22(18-13-11-17(21)12-14-18)20-10-7-6-9-19(16)20;1-2-3-6-15(16-7-4-5-12-18-16)13-8-10-14(17)11-9-13;1-13-8-2-3-11(14)9-4-6-10(12)7-5-9;1-12-7-6-9-8-13-11-5-3-2-4-10(9)11;1-10-6-7-2-4-8(9)5-3-7/h6-7,9-15H,2-5,8H2,1H3;4-5,7-12,15H,2-3,6H2,1H3;4-7,11,13-14H,2-3,8H2,1H3;2-5,8,12-13H,6-7H2,1H3;2-5,10H,6H2,1H3. The number of nitrogens with zero attached hydrogens (tertiary/aromatic N) is 2. The average molecular weight is 1070 g/mol. The number of likely N-dealkylation sites (N-methyl/N-ethyl adjacent to an activating group) is 1. The molecule has 0 aliphatic carbocycles. The van der Waals surface area contributed by atoms with Crippen molar-refractivity contribution in [2.24, 2.45) is 0 Å². The van der Waals surface area contributed by atoms with Crippen molar-refractivity contribution in [1.82, 2.24) is 30.5 Å². The molecule has 9 rings (SSSR count). The molecule has 408 valence electrons. The van der Waals surface area contributed by atoms with Crippen LogP contribution in [0.25, 0.3) is 27.5 Å². The molecular weight excluding hydrogens is 985 g/mol. The van der Waals surface area contributed by atoms with Crippen molar-refractivity contribution in [3.05, 3.63) is 238 Å². The number of pyridine rings is 1. The van der Waals surface area contributed by atoms with Crippen LogP contribution in [0.2, 0.25) is 5.02 Å². The number of aromatic amines is 1. The third-order valence-corrected chi connectivity index (χ3v) is 13.4. The topological polar surface area (TPSA) is 89.9 Å². The first-order chi connectivity index (χ1) is 37.6. The molecule has 2 unspecified atom stereocenters. The molecule has 5 N–H and O–H groups in total. The minimum atomic E-state index is -0.482. The van der Waals surface area contributed by atoms with Crippen LogP contribution in [0, 0.1) is 17.5 Å². The number of aromatic nitrogens is 3. The normalized spacial score (nSPS) is 11.5. The maximum Gasteiger partial charge on any atom is 0.123 e. The summed E-state index contributed by atoms with van der Waals surface area (Å²) in [5, 5.41) is 22.3. The molecule has 0 radical (unpaired) electrons. The van der Waals surface area contributed by atoms with Crippen LogP contribution in [0.4, 0.5) is 13.2 Å². The number of halogens is 4. The first kappa shape index (κ1) is 61.3. The van der Waals surface area contributed by atoms with E-state index in [0.717, 1.165) is 72.8 Å². The second-order valence-corrected chi connectivity index (χ2v) is 19.4. The number of hydrogen-bond acceptors (Lipinski definition) is 5. The molecule has 7 nitrogen and oxygen atoms in total. The molecule has 2 atom stereocenters. The monoisotopic (exact) mass is 1060 g/mol. The quantitative estimate of drug-likeness (QED) is 0.0463. The van der Waals surface area contributed by atoms with E-state index in [9.17, 15) is 18.3 Å². The Bertz CT molecular complexity index is 2960. The Kier molecular flexibility index (Phi) is 27.9. The number of rotatable bonds is 21. The summed E-state index contributed by atoms with van der Waals surface area (Å²) in [7, 11) is 5.72. The zero-order valence-corrected chi connectivity index (χ0v) is 46.5. The number of benzene rings is 6. The van der Waals surface area contributed by atoms with Crippen LogP contribution >= 0.6 is 11.6 Å². The first-order valence-corrected chi connectivity index (χ1v) is 27.6. The lowest BCUT2D eigenvalue weighted by Gasteiger charge is -2.16. The number of unbranched alkanes of at least 4 members (excludes halogenated alkanes) is 4. The SMILES string of the molecule is CCCCC(c1ccc(Cl)cc1)c1ccccn1.CCCCCCc1cn(-c2ccc(F)cc2)c2ccccc12.CNCCCC(O)c1ccc(F)cc1.CNCCc1c[nH]c2ccccc12.CNCc1ccc(F)cc1. The fourth-order valence-electron chi connectivity index (χ4n) is 8.91. The van der Waals surface area contributed by atoms with E-state index < -0.39 is 6.10 Å². The summed E-state index contributed by atoms with van der Waals surface area (Å²) in [5.41, 5.74) is 10.5. The zero-order valence-electron chi connectivity index (χ0n) is 45.7. The lowest BCUT2D eigenvalue weighted by atomic mass is 9.90. The molecule has 11 heteroatoms. The summed E-state index contributed by atoms with van der Waals surface area (Å²) in [6, 6.07) is 50.3. The van der Waals surface area contributed by atoms with Gasteiger partial charge in [-0.25, -0.2) is 13.2 Å². The molecule has 6 aromatic carbocycles. The van der Waals surface area contributed by atoms with E-state index in [1.165, 1.54) is 113 Å². The fourth-order valence-corrected chi connectivity index (χ4v) is 9.03. The van der Waals surface area contributed by atoms with Gasteiger partial charge in [-0.05, 0) is 186 Å². The van der Waals surface area contributed by atoms with Crippen molar-refractivity contribution < 1.29 is 18.3 Å². The maximum absolute atomic E-state index is 13.2. The van der Waals surface area contributed by atoms with Gasteiger partial charge < -0.3 is 30.6 Å². The molecule has 0 amide bonds. The molecule has 77 heavy (non-hydrogen) atoms. The van der Waals surface area contributed by atoms with Crippen molar-refractivity contribution in [3.63, 3.8) is 0 Å². The van der Waals surface area contributed by atoms with Crippen molar-refractivity contribution >= 4 is 33.4 Å². The highest BCUT2D eigenvalue weighted by Crippen LogP contribution is 2.30. The van der Waals surface area contributed by atoms with Gasteiger partial charge in [0.15, 0.2) is 0 Å². The summed E-state index contributed by atoms with van der Waals surface area (Å²) in [6.07, 6.45) is 18.1. The summed E-state index contributed by atoms with van der Waals surface area (Å²) < 4.78 is 40.2. The Labute approximate surface area is 461 Å². The maximum atomic E-state index is 13.2. The van der Waals surface area contributed by atoms with Crippen molar-refractivity contribution in [3.8, 4) is 5.69 Å². The van der Waals surface area contributed by atoms with E-state index in [1.807, 2.05) is 57.7 Å². The number of hydrogen-bond donors (Lipinski definition) is 5. The number of aliphatic hydroxyl groups is 1. The zero-order chi connectivity index (χ0) is 55.0. The third-order valence-electron chi connectivity index (χ3n) is 13.1. The lowest BCUT2D eigenvalue weighted by Crippen LogP contribution is -2.09. The number of aryl methyl sites for hydroxylation is 1. The van der Waals surface area contributed by atoms with Crippen LogP contribution in [-0.2, 0) is 19.4 Å². The number of fused-ring (bicyclic) bond motifs is 2. The molecule has 9 aromatic rings. The smallest absolute Gasteiger partial charge is 0.123 e. The van der Waals surface area contributed by atoms with E-state index in [1.54, 1.807) is 24.3 Å². The molecule has 3 aromatic heterocycles. The molecule has 0 spiro atoms. The largest absolute Gasteiger partial charge is 0.388 e. The summed E-state index contributed by atoms with van der Waals surface area (Å²) in [4.78, 5) is 7.77. The minimum absolute atomic E-state index is 0.181. The lowest BCUT2D eigenvalue weighted by molar-refractivity contribution is 0.164. The molecule has 0 bridgehead atoms. The van der Waals surface area contributed by atoms with Gasteiger partial charge in [0.1, 0.15) is 17.5 Å². The summed E-state index contributed by atoms with van der Waals surface area (Å²) in [6.45, 7) is 7.16. The van der Waals surface area contributed by atoms with Crippen molar-refractivity contribution in [1.29, 1.82) is 0 Å². The van der Waals surface area contributed by atoms with Crippen molar-refractivity contribution in [2.45, 2.75) is 103 Å². The molecule has 3 heterocycles. The van der Waals surface area contributed by atoms with Gasteiger partial charge in [0.2, 0.25) is 0 Å². The van der Waals surface area contributed by atoms with E-state index in [-0.39, 0.29) is 17.5 Å². The van der Waals surface area contributed by atoms with Gasteiger partial charge in [-0.2, -0.15) is 0 Å².